The largest absolute Gasteiger partial charge is 0.463 e. The van der Waals surface area contributed by atoms with Crippen LogP contribution in [0.1, 0.15) is 80.7 Å². The Labute approximate surface area is 253 Å². The maximum atomic E-state index is 12.4. The zero-order valence-electron chi connectivity index (χ0n) is 25.2. The van der Waals surface area contributed by atoms with Crippen LogP contribution in [0.15, 0.2) is 42.5 Å². The SMILES string of the molecule is CC1(C)OCc2cc([C@@H]3CN(CCCCCCOCCCCc4ccc(CC5NC(=O)NC5=O)cc4)C(=O)O3)ccc2O1. The molecule has 0 saturated carbocycles. The smallest absolute Gasteiger partial charge is 0.410 e. The second kappa shape index (κ2) is 14.2. The molecule has 0 spiro atoms. The average molecular weight is 594 g/mol. The van der Waals surface area contributed by atoms with Crippen LogP contribution in [0.5, 0.6) is 5.75 Å². The van der Waals surface area contributed by atoms with Crippen LogP contribution >= 0.6 is 0 Å². The van der Waals surface area contributed by atoms with Crippen molar-refractivity contribution in [1.29, 1.82) is 0 Å². The first-order valence-corrected chi connectivity index (χ1v) is 15.4. The van der Waals surface area contributed by atoms with Gasteiger partial charge in [0.1, 0.15) is 17.9 Å². The van der Waals surface area contributed by atoms with Crippen molar-refractivity contribution in [2.45, 2.75) is 89.8 Å². The zero-order chi connectivity index (χ0) is 30.2. The number of carbonyl (C=O) groups is 3. The van der Waals surface area contributed by atoms with Gasteiger partial charge in [-0.1, -0.05) is 43.2 Å². The number of carbonyl (C=O) groups excluding carboxylic acids is 3. The fraction of sp³-hybridized carbons (Fsp3) is 0.545. The Bertz CT molecular complexity index is 1280. The molecule has 2 saturated heterocycles. The monoisotopic (exact) mass is 593 g/mol. The summed E-state index contributed by atoms with van der Waals surface area (Å²) in [4.78, 5) is 37.2. The topological polar surface area (TPSA) is 115 Å². The van der Waals surface area contributed by atoms with E-state index in [9.17, 15) is 14.4 Å². The van der Waals surface area contributed by atoms with E-state index in [2.05, 4.69) is 22.8 Å². The van der Waals surface area contributed by atoms with Gasteiger partial charge in [-0.15, -0.1) is 0 Å². The molecule has 2 aromatic carbocycles. The summed E-state index contributed by atoms with van der Waals surface area (Å²) in [5.74, 6) is -0.0788. The first-order chi connectivity index (χ1) is 20.8. The predicted octanol–water partition coefficient (Wildman–Crippen LogP) is 5.18. The van der Waals surface area contributed by atoms with E-state index in [-0.39, 0.29) is 18.1 Å². The number of imide groups is 1. The van der Waals surface area contributed by atoms with Crippen molar-refractivity contribution in [2.75, 3.05) is 26.3 Å². The summed E-state index contributed by atoms with van der Waals surface area (Å²) in [7, 11) is 0. The highest BCUT2D eigenvalue weighted by atomic mass is 16.7. The summed E-state index contributed by atoms with van der Waals surface area (Å²) < 4.78 is 23.1. The number of hydrogen-bond acceptors (Lipinski definition) is 7. The van der Waals surface area contributed by atoms with Crippen LogP contribution in [0, 0.1) is 0 Å². The number of hydrogen-bond donors (Lipinski definition) is 2. The number of benzene rings is 2. The molecule has 0 aliphatic carbocycles. The van der Waals surface area contributed by atoms with Gasteiger partial charge in [0.15, 0.2) is 0 Å². The summed E-state index contributed by atoms with van der Waals surface area (Å²) in [6.07, 6.45) is 7.13. The highest BCUT2D eigenvalue weighted by molar-refractivity contribution is 6.04. The zero-order valence-corrected chi connectivity index (χ0v) is 25.2. The van der Waals surface area contributed by atoms with Gasteiger partial charge in [-0.3, -0.25) is 10.1 Å². The number of unbranched alkanes of at least 4 members (excludes halogenated alkanes) is 4. The molecule has 5 rings (SSSR count). The molecular weight excluding hydrogens is 550 g/mol. The molecular formula is C33H43N3O7. The molecule has 3 heterocycles. The normalized spacial score (nSPS) is 20.8. The van der Waals surface area contributed by atoms with E-state index in [1.807, 2.05) is 44.2 Å². The molecule has 4 amide bonds. The molecule has 232 valence electrons. The molecule has 3 aliphatic rings. The molecule has 3 aliphatic heterocycles. The lowest BCUT2D eigenvalue weighted by molar-refractivity contribution is -0.180. The van der Waals surface area contributed by atoms with E-state index in [0.717, 1.165) is 80.6 Å². The number of rotatable bonds is 15. The van der Waals surface area contributed by atoms with Crippen molar-refractivity contribution < 1.29 is 33.3 Å². The van der Waals surface area contributed by atoms with E-state index in [4.69, 9.17) is 18.9 Å². The molecule has 2 N–H and O–H groups in total. The molecule has 43 heavy (non-hydrogen) atoms. The minimum absolute atomic E-state index is 0.247. The van der Waals surface area contributed by atoms with Crippen molar-refractivity contribution in [3.8, 4) is 5.75 Å². The van der Waals surface area contributed by atoms with Crippen molar-refractivity contribution in [3.63, 3.8) is 0 Å². The standard InChI is InChI=1S/C33H43N3O7/c1-33(2)41-22-26-20-25(14-15-28(26)43-33)29-21-36(32(39)42-29)16-6-3-4-7-17-40-18-8-5-9-23-10-12-24(13-11-23)19-27-30(37)35-31(38)34-27/h10-15,20,27,29H,3-9,16-19,21-22H2,1-2H3,(H2,34,35,37,38)/t27?,29-/m0/s1. The lowest BCUT2D eigenvalue weighted by Gasteiger charge is -2.32. The third kappa shape index (κ3) is 8.70. The Morgan fingerprint density at radius 2 is 1.67 bits per heavy atom. The van der Waals surface area contributed by atoms with Gasteiger partial charge >= 0.3 is 12.1 Å². The fourth-order valence-electron chi connectivity index (χ4n) is 5.60. The van der Waals surface area contributed by atoms with Crippen molar-refractivity contribution in [2.24, 2.45) is 0 Å². The highest BCUT2D eigenvalue weighted by Gasteiger charge is 2.34. The van der Waals surface area contributed by atoms with Crippen molar-refractivity contribution in [1.82, 2.24) is 15.5 Å². The van der Waals surface area contributed by atoms with E-state index >= 15 is 0 Å². The summed E-state index contributed by atoms with van der Waals surface area (Å²) in [6.45, 7) is 7.06. The van der Waals surface area contributed by atoms with Gasteiger partial charge in [-0.2, -0.15) is 0 Å². The van der Waals surface area contributed by atoms with Crippen LogP contribution in [-0.4, -0.2) is 61.1 Å². The van der Waals surface area contributed by atoms with E-state index in [1.165, 1.54) is 5.56 Å². The maximum absolute atomic E-state index is 12.4. The lowest BCUT2D eigenvalue weighted by atomic mass is 10.0. The van der Waals surface area contributed by atoms with Gasteiger partial charge in [-0.05, 0) is 60.9 Å². The Morgan fingerprint density at radius 1 is 0.930 bits per heavy atom. The highest BCUT2D eigenvalue weighted by Crippen LogP contribution is 2.35. The minimum atomic E-state index is -0.630. The van der Waals surface area contributed by atoms with Gasteiger partial charge in [0.05, 0.1) is 13.2 Å². The molecule has 10 nitrogen and oxygen atoms in total. The first kappa shape index (κ1) is 30.8. The summed E-state index contributed by atoms with van der Waals surface area (Å²) in [5.41, 5.74) is 4.24. The van der Waals surface area contributed by atoms with Gasteiger partial charge in [0, 0.05) is 45.6 Å². The molecule has 2 aromatic rings. The number of ether oxygens (including phenoxy) is 4. The first-order valence-electron chi connectivity index (χ1n) is 15.4. The molecule has 0 radical (unpaired) electrons. The Balaban J connectivity index is 0.878. The second-order valence-electron chi connectivity index (χ2n) is 12.0. The maximum Gasteiger partial charge on any atom is 0.410 e. The van der Waals surface area contributed by atoms with Crippen LogP contribution < -0.4 is 15.4 Å². The molecule has 0 aromatic heterocycles. The van der Waals surface area contributed by atoms with Crippen molar-refractivity contribution >= 4 is 18.0 Å². The number of cyclic esters (lactones) is 1. The third-order valence-electron chi connectivity index (χ3n) is 8.07. The van der Waals surface area contributed by atoms with Gasteiger partial charge in [0.25, 0.3) is 5.91 Å². The van der Waals surface area contributed by atoms with Crippen LogP contribution in [-0.2, 0) is 38.5 Å². The van der Waals surface area contributed by atoms with Crippen LogP contribution in [0.2, 0.25) is 0 Å². The molecule has 0 bridgehead atoms. The number of amides is 4. The Kier molecular flexibility index (Phi) is 10.2. The summed E-state index contributed by atoms with van der Waals surface area (Å²) >= 11 is 0. The van der Waals surface area contributed by atoms with Crippen molar-refractivity contribution in [3.05, 3.63) is 64.7 Å². The number of aryl methyl sites for hydroxylation is 1. The summed E-state index contributed by atoms with van der Waals surface area (Å²) in [5, 5.41) is 4.89. The van der Waals surface area contributed by atoms with Gasteiger partial charge < -0.3 is 29.2 Å². The van der Waals surface area contributed by atoms with Crippen LogP contribution in [0.3, 0.4) is 0 Å². The lowest BCUT2D eigenvalue weighted by Crippen LogP contribution is -2.35. The molecule has 10 heteroatoms. The van der Waals surface area contributed by atoms with Gasteiger partial charge in [-0.25, -0.2) is 9.59 Å². The number of nitrogens with zero attached hydrogens (tertiary/aromatic N) is 1. The van der Waals surface area contributed by atoms with E-state index < -0.39 is 17.9 Å². The minimum Gasteiger partial charge on any atom is -0.463 e. The van der Waals surface area contributed by atoms with Gasteiger partial charge in [0.2, 0.25) is 5.79 Å². The van der Waals surface area contributed by atoms with E-state index in [0.29, 0.717) is 26.1 Å². The second-order valence-corrected chi connectivity index (χ2v) is 12.0. The van der Waals surface area contributed by atoms with Crippen LogP contribution in [0.4, 0.5) is 9.59 Å². The number of urea groups is 1. The molecule has 2 atom stereocenters. The Morgan fingerprint density at radius 3 is 2.44 bits per heavy atom. The predicted molar refractivity (Wildman–Crippen MR) is 160 cm³/mol. The average Bonchev–Trinajstić information content (AvgIpc) is 3.51. The molecule has 1 unspecified atom stereocenters. The number of fused-ring (bicyclic) bond motifs is 1. The van der Waals surface area contributed by atoms with E-state index in [1.54, 1.807) is 4.90 Å². The fourth-order valence-corrected chi connectivity index (χ4v) is 5.60. The Hall–Kier alpha value is -3.63. The van der Waals surface area contributed by atoms with Crippen LogP contribution in [0.25, 0.3) is 0 Å². The summed E-state index contributed by atoms with van der Waals surface area (Å²) in [6, 6.07) is 13.3. The quantitative estimate of drug-likeness (QED) is 0.216. The molecule has 2 fully saturated rings. The third-order valence-corrected chi connectivity index (χ3v) is 8.07. The number of nitrogens with one attached hydrogen (secondary N) is 2.